The highest BCUT2D eigenvalue weighted by Gasteiger charge is 2.24. The predicted molar refractivity (Wildman–Crippen MR) is 94.4 cm³/mol. The minimum atomic E-state index is -0.258. The summed E-state index contributed by atoms with van der Waals surface area (Å²) in [4.78, 5) is 33.2. The van der Waals surface area contributed by atoms with Gasteiger partial charge in [0.2, 0.25) is 11.5 Å². The quantitative estimate of drug-likeness (QED) is 0.757. The molecule has 3 heterocycles. The van der Waals surface area contributed by atoms with Crippen molar-refractivity contribution in [2.75, 3.05) is 13.1 Å². The average Bonchev–Trinajstić information content (AvgIpc) is 3.12. The molecule has 1 aliphatic heterocycles. The summed E-state index contributed by atoms with van der Waals surface area (Å²) in [5.74, 6) is 0.602. The summed E-state index contributed by atoms with van der Waals surface area (Å²) in [6.07, 6.45) is 0.903. The van der Waals surface area contributed by atoms with Crippen LogP contribution >= 0.6 is 0 Å². The molecule has 1 aliphatic rings. The van der Waals surface area contributed by atoms with Crippen LogP contribution < -0.4 is 10.9 Å². The summed E-state index contributed by atoms with van der Waals surface area (Å²) in [6, 6.07) is 5.96. The first-order valence-electron chi connectivity index (χ1n) is 8.41. The maximum absolute atomic E-state index is 12.4. The Morgan fingerprint density at radius 3 is 3.12 bits per heavy atom. The van der Waals surface area contributed by atoms with E-state index in [1.165, 1.54) is 6.92 Å². The van der Waals surface area contributed by atoms with Gasteiger partial charge in [-0.05, 0) is 25.5 Å². The number of aromatic amines is 1. The van der Waals surface area contributed by atoms with Gasteiger partial charge < -0.3 is 14.7 Å². The molecule has 0 spiro atoms. The van der Waals surface area contributed by atoms with Crippen molar-refractivity contribution in [3.8, 4) is 0 Å². The van der Waals surface area contributed by atoms with Gasteiger partial charge >= 0.3 is 0 Å². The number of rotatable bonds is 3. The number of carbonyl (C=O) groups excluding carboxylic acids is 1. The highest BCUT2D eigenvalue weighted by molar-refractivity contribution is 6.02. The summed E-state index contributed by atoms with van der Waals surface area (Å²) in [6.45, 7) is 5.69. The van der Waals surface area contributed by atoms with Crippen LogP contribution in [-0.2, 0) is 11.3 Å². The van der Waals surface area contributed by atoms with Crippen LogP contribution in [0.2, 0.25) is 0 Å². The first-order valence-corrected chi connectivity index (χ1v) is 8.41. The molecule has 130 valence electrons. The fourth-order valence-electron chi connectivity index (χ4n) is 3.48. The molecule has 1 amide bonds. The first-order chi connectivity index (χ1) is 12.0. The van der Waals surface area contributed by atoms with E-state index in [1.54, 1.807) is 0 Å². The second-order valence-corrected chi connectivity index (χ2v) is 6.71. The Kier molecular flexibility index (Phi) is 3.80. The Balaban J connectivity index is 1.64. The third-order valence-electron chi connectivity index (χ3n) is 4.58. The largest absolute Gasteiger partial charge is 0.449 e. The fourth-order valence-corrected chi connectivity index (χ4v) is 3.48. The minimum absolute atomic E-state index is 0.0139. The van der Waals surface area contributed by atoms with Gasteiger partial charge in [0.25, 0.3) is 5.56 Å². The molecule has 2 aromatic heterocycles. The number of fused-ring (bicyclic) bond motifs is 3. The van der Waals surface area contributed by atoms with Gasteiger partial charge in [-0.2, -0.15) is 0 Å². The van der Waals surface area contributed by atoms with Crippen molar-refractivity contribution in [3.05, 3.63) is 39.9 Å². The van der Waals surface area contributed by atoms with Crippen LogP contribution in [0.5, 0.6) is 0 Å². The number of hydrogen-bond donors (Lipinski definition) is 2. The topological polar surface area (TPSA) is 91.2 Å². The van der Waals surface area contributed by atoms with Crippen molar-refractivity contribution < 1.29 is 9.21 Å². The van der Waals surface area contributed by atoms with Gasteiger partial charge in [0.05, 0.1) is 6.54 Å². The van der Waals surface area contributed by atoms with Crippen LogP contribution in [0.3, 0.4) is 0 Å². The molecule has 1 saturated heterocycles. The zero-order valence-electron chi connectivity index (χ0n) is 14.3. The zero-order valence-corrected chi connectivity index (χ0v) is 14.3. The zero-order chi connectivity index (χ0) is 17.6. The van der Waals surface area contributed by atoms with Gasteiger partial charge in [-0.1, -0.05) is 11.6 Å². The highest BCUT2D eigenvalue weighted by Crippen LogP contribution is 2.26. The molecule has 4 rings (SSSR count). The molecular weight excluding hydrogens is 320 g/mol. The van der Waals surface area contributed by atoms with Crippen LogP contribution in [-0.4, -0.2) is 39.9 Å². The van der Waals surface area contributed by atoms with E-state index in [4.69, 9.17) is 4.42 Å². The van der Waals surface area contributed by atoms with Crippen molar-refractivity contribution in [3.63, 3.8) is 0 Å². The third kappa shape index (κ3) is 3.02. The first kappa shape index (κ1) is 15.8. The second-order valence-electron chi connectivity index (χ2n) is 6.71. The van der Waals surface area contributed by atoms with Crippen molar-refractivity contribution in [1.29, 1.82) is 0 Å². The van der Waals surface area contributed by atoms with Gasteiger partial charge in [0.1, 0.15) is 16.9 Å². The number of nitrogens with zero attached hydrogens (tertiary/aromatic N) is 2. The number of aromatic nitrogens is 2. The molecule has 0 saturated carbocycles. The fraction of sp³-hybridized carbons (Fsp3) is 0.389. The molecule has 0 aliphatic carbocycles. The molecule has 0 radical (unpaired) electrons. The lowest BCUT2D eigenvalue weighted by molar-refractivity contribution is -0.119. The van der Waals surface area contributed by atoms with Crippen LogP contribution in [0.25, 0.3) is 22.1 Å². The van der Waals surface area contributed by atoms with E-state index in [9.17, 15) is 9.59 Å². The van der Waals surface area contributed by atoms with E-state index in [0.717, 1.165) is 30.5 Å². The number of furan rings is 1. The van der Waals surface area contributed by atoms with E-state index >= 15 is 0 Å². The number of likely N-dealkylation sites (tertiary alicyclic amines) is 1. The Labute approximate surface area is 144 Å². The van der Waals surface area contributed by atoms with E-state index in [1.807, 2.05) is 25.1 Å². The highest BCUT2D eigenvalue weighted by atomic mass is 16.3. The third-order valence-corrected chi connectivity index (χ3v) is 4.58. The van der Waals surface area contributed by atoms with Crippen molar-refractivity contribution in [2.45, 2.75) is 32.9 Å². The summed E-state index contributed by atoms with van der Waals surface area (Å²) >= 11 is 0. The molecule has 1 atom stereocenters. The SMILES string of the molecule is CC(=O)N[C@H]1CCN(Cc2nc3c(oc4ccc(C)cc43)c(=O)[nH]2)C1. The van der Waals surface area contributed by atoms with Crippen LogP contribution in [0.15, 0.2) is 27.4 Å². The smallest absolute Gasteiger partial charge is 0.294 e. The Morgan fingerprint density at radius 2 is 2.32 bits per heavy atom. The van der Waals surface area contributed by atoms with Crippen LogP contribution in [0.1, 0.15) is 24.7 Å². The molecule has 7 nitrogen and oxygen atoms in total. The van der Waals surface area contributed by atoms with E-state index in [0.29, 0.717) is 23.5 Å². The molecular formula is C18H20N4O3. The summed E-state index contributed by atoms with van der Waals surface area (Å²) < 4.78 is 5.66. The number of amides is 1. The molecule has 7 heteroatoms. The summed E-state index contributed by atoms with van der Waals surface area (Å²) in [5, 5.41) is 3.80. The summed E-state index contributed by atoms with van der Waals surface area (Å²) in [7, 11) is 0. The van der Waals surface area contributed by atoms with E-state index in [-0.39, 0.29) is 23.1 Å². The van der Waals surface area contributed by atoms with Crippen LogP contribution in [0.4, 0.5) is 0 Å². The van der Waals surface area contributed by atoms with Crippen molar-refractivity contribution in [1.82, 2.24) is 20.2 Å². The van der Waals surface area contributed by atoms with E-state index in [2.05, 4.69) is 20.2 Å². The van der Waals surface area contributed by atoms with Gasteiger partial charge in [-0.25, -0.2) is 4.98 Å². The van der Waals surface area contributed by atoms with Gasteiger partial charge in [0, 0.05) is 31.4 Å². The standard InChI is InChI=1S/C18H20N4O3/c1-10-3-4-14-13(7-10)16-17(25-14)18(24)21-15(20-16)9-22-6-5-12(8-22)19-11(2)23/h3-4,7,12H,5-6,8-9H2,1-2H3,(H,19,23)(H,20,21,24)/t12-/m0/s1. The Morgan fingerprint density at radius 1 is 1.48 bits per heavy atom. The lowest BCUT2D eigenvalue weighted by atomic mass is 10.2. The second kappa shape index (κ2) is 6.00. The maximum atomic E-state index is 12.4. The van der Waals surface area contributed by atoms with Crippen molar-refractivity contribution in [2.24, 2.45) is 0 Å². The molecule has 0 bridgehead atoms. The molecule has 0 unspecified atom stereocenters. The van der Waals surface area contributed by atoms with E-state index < -0.39 is 0 Å². The maximum Gasteiger partial charge on any atom is 0.294 e. The normalized spacial score (nSPS) is 18.2. The monoisotopic (exact) mass is 340 g/mol. The number of benzene rings is 1. The number of carbonyl (C=O) groups is 1. The molecule has 1 aromatic carbocycles. The number of aryl methyl sites for hydroxylation is 1. The van der Waals surface area contributed by atoms with Gasteiger partial charge in [-0.3, -0.25) is 14.5 Å². The lowest BCUT2D eigenvalue weighted by Crippen LogP contribution is -2.35. The summed E-state index contributed by atoms with van der Waals surface area (Å²) in [5.41, 5.74) is 2.38. The predicted octanol–water partition coefficient (Wildman–Crippen LogP) is 1.69. The number of hydrogen-bond acceptors (Lipinski definition) is 5. The van der Waals surface area contributed by atoms with Crippen molar-refractivity contribution >= 4 is 28.0 Å². The van der Waals surface area contributed by atoms with Gasteiger partial charge in [-0.15, -0.1) is 0 Å². The molecule has 2 N–H and O–H groups in total. The lowest BCUT2D eigenvalue weighted by Gasteiger charge is -2.15. The molecule has 1 fully saturated rings. The molecule has 25 heavy (non-hydrogen) atoms. The minimum Gasteiger partial charge on any atom is -0.449 e. The number of nitrogens with one attached hydrogen (secondary N) is 2. The Bertz CT molecular complexity index is 1020. The Hall–Kier alpha value is -2.67. The number of H-pyrrole nitrogens is 1. The molecule has 3 aromatic rings. The average molecular weight is 340 g/mol. The van der Waals surface area contributed by atoms with Crippen LogP contribution in [0, 0.1) is 6.92 Å². The van der Waals surface area contributed by atoms with Gasteiger partial charge in [0.15, 0.2) is 0 Å².